The van der Waals surface area contributed by atoms with Gasteiger partial charge in [-0.2, -0.15) is 5.10 Å². The average molecular weight is 187 g/mol. The van der Waals surface area contributed by atoms with Gasteiger partial charge in [0, 0.05) is 6.20 Å². The van der Waals surface area contributed by atoms with Gasteiger partial charge in [-0.3, -0.25) is 0 Å². The van der Waals surface area contributed by atoms with Crippen molar-refractivity contribution in [3.8, 4) is 11.4 Å². The van der Waals surface area contributed by atoms with E-state index in [0.717, 1.165) is 17.0 Å². The molecular weight excluding hydrogens is 176 g/mol. The molecule has 0 saturated carbocycles. The van der Waals surface area contributed by atoms with E-state index in [1.54, 1.807) is 11.8 Å². The van der Waals surface area contributed by atoms with Crippen LogP contribution in [0.2, 0.25) is 0 Å². The largest absolute Gasteiger partial charge is 0.494 e. The maximum absolute atomic E-state index is 5.23. The maximum atomic E-state index is 5.23. The standard InChI is InChI=1S/C11H11N2O/c1-9-7-12-13(8-9)10-5-3-4-6-11(10)14-2/h3-6,8H,1-2H3. The summed E-state index contributed by atoms with van der Waals surface area (Å²) in [6.45, 7) is 1.96. The first-order valence-electron chi connectivity index (χ1n) is 4.38. The van der Waals surface area contributed by atoms with Crippen LogP contribution in [0.5, 0.6) is 5.75 Å². The first kappa shape index (κ1) is 8.81. The number of rotatable bonds is 2. The van der Waals surface area contributed by atoms with E-state index in [4.69, 9.17) is 4.74 Å². The van der Waals surface area contributed by atoms with Crippen LogP contribution in [0.15, 0.2) is 30.5 Å². The number of methoxy groups -OCH3 is 1. The summed E-state index contributed by atoms with van der Waals surface area (Å²) in [5, 5.41) is 4.11. The summed E-state index contributed by atoms with van der Waals surface area (Å²) in [6, 6.07) is 7.75. The van der Waals surface area contributed by atoms with Gasteiger partial charge in [0.1, 0.15) is 17.6 Å². The van der Waals surface area contributed by atoms with E-state index in [1.165, 1.54) is 0 Å². The van der Waals surface area contributed by atoms with Crippen LogP contribution in [-0.2, 0) is 0 Å². The molecule has 2 rings (SSSR count). The molecule has 0 amide bonds. The van der Waals surface area contributed by atoms with Crippen molar-refractivity contribution < 1.29 is 4.74 Å². The molecule has 3 heteroatoms. The van der Waals surface area contributed by atoms with Crippen molar-refractivity contribution in [1.29, 1.82) is 0 Å². The number of aromatic nitrogens is 2. The zero-order valence-corrected chi connectivity index (χ0v) is 8.19. The molecule has 0 bridgehead atoms. The van der Waals surface area contributed by atoms with E-state index in [1.807, 2.05) is 37.4 Å². The third-order valence-electron chi connectivity index (χ3n) is 1.98. The van der Waals surface area contributed by atoms with Gasteiger partial charge in [-0.1, -0.05) is 12.1 Å². The maximum Gasteiger partial charge on any atom is 0.144 e. The Morgan fingerprint density at radius 2 is 2.14 bits per heavy atom. The van der Waals surface area contributed by atoms with Crippen molar-refractivity contribution in [2.45, 2.75) is 6.92 Å². The molecule has 0 N–H and O–H groups in total. The molecular formula is C11H11N2O. The van der Waals surface area contributed by atoms with Crippen molar-refractivity contribution in [3.63, 3.8) is 0 Å². The number of nitrogens with zero attached hydrogens (tertiary/aromatic N) is 2. The van der Waals surface area contributed by atoms with Crippen LogP contribution < -0.4 is 4.74 Å². The Morgan fingerprint density at radius 1 is 1.36 bits per heavy atom. The lowest BCUT2D eigenvalue weighted by Gasteiger charge is -2.06. The van der Waals surface area contributed by atoms with Crippen LogP contribution in [0.25, 0.3) is 5.69 Å². The second-order valence-electron chi connectivity index (χ2n) is 3.04. The van der Waals surface area contributed by atoms with Crippen molar-refractivity contribution in [2.75, 3.05) is 7.11 Å². The molecule has 0 aliphatic carbocycles. The fourth-order valence-corrected chi connectivity index (χ4v) is 1.32. The smallest absolute Gasteiger partial charge is 0.144 e. The van der Waals surface area contributed by atoms with E-state index in [-0.39, 0.29) is 0 Å². The molecule has 0 unspecified atom stereocenters. The van der Waals surface area contributed by atoms with Gasteiger partial charge in [0.25, 0.3) is 0 Å². The number of ether oxygens (including phenoxy) is 1. The van der Waals surface area contributed by atoms with Crippen LogP contribution in [0.4, 0.5) is 0 Å². The van der Waals surface area contributed by atoms with Gasteiger partial charge in [-0.25, -0.2) is 4.68 Å². The van der Waals surface area contributed by atoms with Gasteiger partial charge in [-0.15, -0.1) is 0 Å². The topological polar surface area (TPSA) is 27.1 Å². The molecule has 0 fully saturated rings. The molecule has 0 aliphatic heterocycles. The molecule has 0 spiro atoms. The highest BCUT2D eigenvalue weighted by Gasteiger charge is 2.04. The minimum absolute atomic E-state index is 0.809. The number of para-hydroxylation sites is 2. The van der Waals surface area contributed by atoms with E-state index >= 15 is 0 Å². The Bertz CT molecular complexity index is 434. The second-order valence-corrected chi connectivity index (χ2v) is 3.04. The summed E-state index contributed by atoms with van der Waals surface area (Å²) >= 11 is 0. The molecule has 1 heterocycles. The lowest BCUT2D eigenvalue weighted by Crippen LogP contribution is -1.97. The van der Waals surface area contributed by atoms with Crippen LogP contribution in [-0.4, -0.2) is 16.9 Å². The Hall–Kier alpha value is -1.77. The molecule has 2 aromatic rings. The zero-order chi connectivity index (χ0) is 9.97. The van der Waals surface area contributed by atoms with Crippen molar-refractivity contribution >= 4 is 0 Å². The molecule has 1 aromatic heterocycles. The van der Waals surface area contributed by atoms with Crippen LogP contribution >= 0.6 is 0 Å². The van der Waals surface area contributed by atoms with Crippen molar-refractivity contribution in [1.82, 2.24) is 9.78 Å². The molecule has 14 heavy (non-hydrogen) atoms. The van der Waals surface area contributed by atoms with Crippen molar-refractivity contribution in [3.05, 3.63) is 42.2 Å². The SMILES string of the molecule is COc1ccccc1-n1cc(C)[c]n1. The predicted octanol–water partition coefficient (Wildman–Crippen LogP) is 1.99. The van der Waals surface area contributed by atoms with Gasteiger partial charge in [0.2, 0.25) is 0 Å². The lowest BCUT2D eigenvalue weighted by atomic mass is 10.3. The van der Waals surface area contributed by atoms with Crippen LogP contribution in [0, 0.1) is 13.1 Å². The van der Waals surface area contributed by atoms with Crippen molar-refractivity contribution in [2.24, 2.45) is 0 Å². The highest BCUT2D eigenvalue weighted by Crippen LogP contribution is 2.21. The van der Waals surface area contributed by atoms with Crippen LogP contribution in [0.1, 0.15) is 5.56 Å². The predicted molar refractivity (Wildman–Crippen MR) is 53.7 cm³/mol. The Balaban J connectivity index is 2.50. The molecule has 1 aromatic carbocycles. The summed E-state index contributed by atoms with van der Waals surface area (Å²) in [5.41, 5.74) is 1.94. The third-order valence-corrected chi connectivity index (χ3v) is 1.98. The molecule has 3 nitrogen and oxygen atoms in total. The van der Waals surface area contributed by atoms with Gasteiger partial charge >= 0.3 is 0 Å². The average Bonchev–Trinajstić information content (AvgIpc) is 2.65. The Morgan fingerprint density at radius 3 is 2.79 bits per heavy atom. The zero-order valence-electron chi connectivity index (χ0n) is 8.19. The lowest BCUT2D eigenvalue weighted by molar-refractivity contribution is 0.411. The number of hydrogen-bond acceptors (Lipinski definition) is 2. The second kappa shape index (κ2) is 3.54. The minimum Gasteiger partial charge on any atom is -0.494 e. The van der Waals surface area contributed by atoms with Gasteiger partial charge in [0.05, 0.1) is 7.11 Å². The highest BCUT2D eigenvalue weighted by molar-refractivity contribution is 5.45. The van der Waals surface area contributed by atoms with E-state index in [9.17, 15) is 0 Å². The summed E-state index contributed by atoms with van der Waals surface area (Å²) in [4.78, 5) is 0. The van der Waals surface area contributed by atoms with Crippen LogP contribution in [0.3, 0.4) is 0 Å². The normalized spacial score (nSPS) is 10.1. The summed E-state index contributed by atoms with van der Waals surface area (Å²) in [5.74, 6) is 0.809. The van der Waals surface area contributed by atoms with Gasteiger partial charge in [-0.05, 0) is 24.6 Å². The van der Waals surface area contributed by atoms with E-state index < -0.39 is 0 Å². The Kier molecular flexibility index (Phi) is 2.23. The van der Waals surface area contributed by atoms with E-state index in [2.05, 4.69) is 11.3 Å². The monoisotopic (exact) mass is 187 g/mol. The minimum atomic E-state index is 0.809. The Labute approximate surface area is 82.9 Å². The van der Waals surface area contributed by atoms with E-state index in [0.29, 0.717) is 0 Å². The van der Waals surface area contributed by atoms with Gasteiger partial charge in [0.15, 0.2) is 0 Å². The molecule has 1 radical (unpaired) electrons. The molecule has 0 aliphatic rings. The summed E-state index contributed by atoms with van der Waals surface area (Å²) in [7, 11) is 1.65. The first-order chi connectivity index (χ1) is 6.81. The summed E-state index contributed by atoms with van der Waals surface area (Å²) in [6.07, 6.45) is 4.79. The molecule has 71 valence electrons. The number of benzene rings is 1. The summed E-state index contributed by atoms with van der Waals surface area (Å²) < 4.78 is 6.99. The fraction of sp³-hybridized carbons (Fsp3) is 0.182. The highest BCUT2D eigenvalue weighted by atomic mass is 16.5. The quantitative estimate of drug-likeness (QED) is 0.718. The first-order valence-corrected chi connectivity index (χ1v) is 4.38. The molecule has 0 saturated heterocycles. The number of aryl methyl sites for hydroxylation is 1. The van der Waals surface area contributed by atoms with Gasteiger partial charge < -0.3 is 4.74 Å². The fourth-order valence-electron chi connectivity index (χ4n) is 1.32. The number of hydrogen-bond donors (Lipinski definition) is 0. The molecule has 0 atom stereocenters. The third kappa shape index (κ3) is 1.48.